The van der Waals surface area contributed by atoms with Crippen molar-refractivity contribution in [1.82, 2.24) is 4.98 Å². The molecule has 20 heavy (non-hydrogen) atoms. The molecule has 0 spiro atoms. The van der Waals surface area contributed by atoms with E-state index >= 15 is 0 Å². The summed E-state index contributed by atoms with van der Waals surface area (Å²) in [6, 6.07) is 2.95. The summed E-state index contributed by atoms with van der Waals surface area (Å²) in [5.74, 6) is -0.565. The Morgan fingerprint density at radius 1 is 1.35 bits per heavy atom. The summed E-state index contributed by atoms with van der Waals surface area (Å²) in [4.78, 5) is 3.50. The van der Waals surface area contributed by atoms with Crippen LogP contribution in [-0.2, 0) is 9.31 Å². The Bertz CT molecular complexity index is 515. The molecule has 0 saturated carbocycles. The summed E-state index contributed by atoms with van der Waals surface area (Å²) < 4.78 is 24.8. The van der Waals surface area contributed by atoms with Crippen molar-refractivity contribution in [3.8, 4) is 0 Å². The number of hydrogen-bond donors (Lipinski definition) is 1. The number of aromatic nitrogens is 1. The van der Waals surface area contributed by atoms with Crippen LogP contribution in [-0.4, -0.2) is 35.0 Å². The molecule has 1 aliphatic heterocycles. The van der Waals surface area contributed by atoms with Crippen molar-refractivity contribution in [2.24, 2.45) is 0 Å². The van der Waals surface area contributed by atoms with E-state index < -0.39 is 24.3 Å². The Hall–Kier alpha value is -1.24. The third kappa shape index (κ3) is 2.92. The standard InChI is InChI=1S/C14H19BFNO3/c1-13(2)14(3,4)20-15(19-13)11(9-18)7-10-5-6-17-12(16)8-10/h5-8,18H,9H2,1-4H3. The van der Waals surface area contributed by atoms with Crippen LogP contribution < -0.4 is 0 Å². The highest BCUT2D eigenvalue weighted by Gasteiger charge is 2.52. The average Bonchev–Trinajstić information content (AvgIpc) is 2.55. The fourth-order valence-electron chi connectivity index (χ4n) is 1.90. The zero-order valence-electron chi connectivity index (χ0n) is 12.2. The minimum atomic E-state index is -0.638. The van der Waals surface area contributed by atoms with Crippen LogP contribution in [0.1, 0.15) is 33.3 Å². The maximum absolute atomic E-state index is 13.1. The Labute approximate surface area is 118 Å². The van der Waals surface area contributed by atoms with Crippen molar-refractivity contribution in [3.05, 3.63) is 35.3 Å². The summed E-state index contributed by atoms with van der Waals surface area (Å²) in [6.07, 6.45) is 3.04. The second kappa shape index (κ2) is 5.28. The molecule has 1 fully saturated rings. The van der Waals surface area contributed by atoms with E-state index in [1.54, 1.807) is 12.1 Å². The van der Waals surface area contributed by atoms with E-state index in [0.29, 0.717) is 11.0 Å². The van der Waals surface area contributed by atoms with E-state index in [1.807, 2.05) is 27.7 Å². The number of aliphatic hydroxyl groups is 1. The average molecular weight is 279 g/mol. The van der Waals surface area contributed by atoms with Gasteiger partial charge in [0.1, 0.15) is 0 Å². The lowest BCUT2D eigenvalue weighted by molar-refractivity contribution is 0.00578. The molecular weight excluding hydrogens is 260 g/mol. The van der Waals surface area contributed by atoms with Gasteiger partial charge in [-0.3, -0.25) is 0 Å². The lowest BCUT2D eigenvalue weighted by atomic mass is 9.77. The van der Waals surface area contributed by atoms with E-state index in [4.69, 9.17) is 9.31 Å². The number of hydrogen-bond acceptors (Lipinski definition) is 4. The van der Waals surface area contributed by atoms with Crippen LogP contribution in [0.2, 0.25) is 0 Å². The summed E-state index contributed by atoms with van der Waals surface area (Å²) in [6.45, 7) is 7.53. The summed E-state index contributed by atoms with van der Waals surface area (Å²) in [5, 5.41) is 9.52. The molecular formula is C14H19BFNO3. The lowest BCUT2D eigenvalue weighted by Crippen LogP contribution is -2.41. The molecule has 1 aromatic rings. The second-order valence-corrected chi connectivity index (χ2v) is 5.88. The molecule has 1 aromatic heterocycles. The molecule has 0 amide bonds. The number of nitrogens with zero attached hydrogens (tertiary/aromatic N) is 1. The Morgan fingerprint density at radius 2 is 1.95 bits per heavy atom. The third-order valence-corrected chi connectivity index (χ3v) is 3.84. The molecule has 0 atom stereocenters. The van der Waals surface area contributed by atoms with Gasteiger partial charge in [-0.2, -0.15) is 4.39 Å². The normalized spacial score (nSPS) is 21.3. The monoisotopic (exact) mass is 279 g/mol. The zero-order valence-corrected chi connectivity index (χ0v) is 12.2. The van der Waals surface area contributed by atoms with E-state index in [-0.39, 0.29) is 6.61 Å². The predicted octanol–water partition coefficient (Wildman–Crippen LogP) is 2.23. The van der Waals surface area contributed by atoms with E-state index in [2.05, 4.69) is 4.98 Å². The first-order chi connectivity index (χ1) is 9.25. The van der Waals surface area contributed by atoms with Gasteiger partial charge in [0.25, 0.3) is 0 Å². The molecule has 0 bridgehead atoms. The van der Waals surface area contributed by atoms with Crippen molar-refractivity contribution < 1.29 is 18.8 Å². The lowest BCUT2D eigenvalue weighted by Gasteiger charge is -2.32. The maximum atomic E-state index is 13.1. The number of rotatable bonds is 3. The van der Waals surface area contributed by atoms with Crippen molar-refractivity contribution in [2.75, 3.05) is 6.61 Å². The summed E-state index contributed by atoms with van der Waals surface area (Å²) >= 11 is 0. The highest BCUT2D eigenvalue weighted by Crippen LogP contribution is 2.38. The van der Waals surface area contributed by atoms with Crippen LogP contribution in [0.4, 0.5) is 4.39 Å². The quantitative estimate of drug-likeness (QED) is 0.681. The Kier molecular flexibility index (Phi) is 4.00. The molecule has 2 heterocycles. The first-order valence-electron chi connectivity index (χ1n) is 6.54. The molecule has 0 unspecified atom stereocenters. The van der Waals surface area contributed by atoms with Gasteiger partial charge >= 0.3 is 7.12 Å². The van der Waals surface area contributed by atoms with Gasteiger partial charge in [-0.25, -0.2) is 4.98 Å². The van der Waals surface area contributed by atoms with Gasteiger partial charge in [0.05, 0.1) is 17.8 Å². The highest BCUT2D eigenvalue weighted by atomic mass is 19.1. The van der Waals surface area contributed by atoms with E-state index in [0.717, 1.165) is 0 Å². The highest BCUT2D eigenvalue weighted by molar-refractivity contribution is 6.55. The van der Waals surface area contributed by atoms with Crippen molar-refractivity contribution >= 4 is 13.2 Å². The molecule has 0 aliphatic carbocycles. The summed E-state index contributed by atoms with van der Waals surface area (Å²) in [5.41, 5.74) is 0.204. The van der Waals surface area contributed by atoms with Gasteiger partial charge < -0.3 is 14.4 Å². The Morgan fingerprint density at radius 3 is 2.45 bits per heavy atom. The Balaban J connectivity index is 2.26. The fourth-order valence-corrected chi connectivity index (χ4v) is 1.90. The first-order valence-corrected chi connectivity index (χ1v) is 6.54. The van der Waals surface area contributed by atoms with Crippen molar-refractivity contribution in [3.63, 3.8) is 0 Å². The van der Waals surface area contributed by atoms with Crippen LogP contribution in [0.3, 0.4) is 0 Å². The van der Waals surface area contributed by atoms with Gasteiger partial charge in [0.2, 0.25) is 5.95 Å². The van der Waals surface area contributed by atoms with Gasteiger partial charge in [-0.1, -0.05) is 6.08 Å². The van der Waals surface area contributed by atoms with E-state index in [1.165, 1.54) is 12.3 Å². The maximum Gasteiger partial charge on any atom is 0.492 e. The molecule has 2 rings (SSSR count). The largest absolute Gasteiger partial charge is 0.492 e. The van der Waals surface area contributed by atoms with Gasteiger partial charge in [0.15, 0.2) is 0 Å². The zero-order chi connectivity index (χ0) is 15.0. The topological polar surface area (TPSA) is 51.6 Å². The first kappa shape index (κ1) is 15.2. The number of halogens is 1. The number of pyridine rings is 1. The van der Waals surface area contributed by atoms with Gasteiger partial charge in [-0.05, 0) is 44.8 Å². The molecule has 0 aromatic carbocycles. The molecule has 108 valence electrons. The third-order valence-electron chi connectivity index (χ3n) is 3.84. The summed E-state index contributed by atoms with van der Waals surface area (Å²) in [7, 11) is -0.638. The van der Waals surface area contributed by atoms with Crippen molar-refractivity contribution in [1.29, 1.82) is 0 Å². The smallest absolute Gasteiger partial charge is 0.400 e. The van der Waals surface area contributed by atoms with Crippen LogP contribution in [0.15, 0.2) is 23.8 Å². The molecule has 1 N–H and O–H groups in total. The molecule has 0 radical (unpaired) electrons. The minimum Gasteiger partial charge on any atom is -0.400 e. The van der Waals surface area contributed by atoms with Crippen LogP contribution >= 0.6 is 0 Å². The predicted molar refractivity (Wildman–Crippen MR) is 75.3 cm³/mol. The van der Waals surface area contributed by atoms with Crippen LogP contribution in [0.25, 0.3) is 6.08 Å². The van der Waals surface area contributed by atoms with Crippen LogP contribution in [0, 0.1) is 5.95 Å². The minimum absolute atomic E-state index is 0.221. The number of aliphatic hydroxyl groups excluding tert-OH is 1. The molecule has 1 aliphatic rings. The van der Waals surface area contributed by atoms with E-state index in [9.17, 15) is 9.50 Å². The molecule has 4 nitrogen and oxygen atoms in total. The van der Waals surface area contributed by atoms with Gasteiger partial charge in [-0.15, -0.1) is 0 Å². The van der Waals surface area contributed by atoms with Crippen molar-refractivity contribution in [2.45, 2.75) is 38.9 Å². The molecule has 6 heteroatoms. The van der Waals surface area contributed by atoms with Gasteiger partial charge in [0, 0.05) is 12.3 Å². The SMILES string of the molecule is CC1(C)OB(C(=Cc2ccnc(F)c2)CO)OC1(C)C. The van der Waals surface area contributed by atoms with Crippen LogP contribution in [0.5, 0.6) is 0 Å². The molecule has 1 saturated heterocycles. The fraction of sp³-hybridized carbons (Fsp3) is 0.500. The second-order valence-electron chi connectivity index (χ2n) is 5.88.